The summed E-state index contributed by atoms with van der Waals surface area (Å²) in [5.41, 5.74) is -0.586. The molecule has 0 aromatic heterocycles. The number of Topliss-reactive ketones (excluding diaryl/α,β-unsaturated/α-hetero) is 1. The molecular formula is C19H19FN2O3. The highest BCUT2D eigenvalue weighted by Gasteiger charge is 2.36. The van der Waals surface area contributed by atoms with Crippen molar-refractivity contribution in [1.29, 1.82) is 0 Å². The Hall–Kier alpha value is -3.02. The van der Waals surface area contributed by atoms with E-state index in [9.17, 15) is 18.8 Å². The van der Waals surface area contributed by atoms with Gasteiger partial charge in [0.1, 0.15) is 11.2 Å². The van der Waals surface area contributed by atoms with Crippen molar-refractivity contribution < 1.29 is 18.8 Å². The van der Waals surface area contributed by atoms with Gasteiger partial charge in [-0.25, -0.2) is 4.39 Å². The normalized spacial score (nSPS) is 10.9. The zero-order chi connectivity index (χ0) is 18.6. The van der Waals surface area contributed by atoms with Crippen LogP contribution < -0.4 is 10.6 Å². The van der Waals surface area contributed by atoms with Crippen LogP contribution in [0.1, 0.15) is 31.1 Å². The van der Waals surface area contributed by atoms with Gasteiger partial charge in [0.25, 0.3) is 0 Å². The molecule has 0 fully saturated rings. The number of amides is 2. The predicted molar refractivity (Wildman–Crippen MR) is 93.9 cm³/mol. The summed E-state index contributed by atoms with van der Waals surface area (Å²) in [5.74, 6) is -1.92. The Kier molecular flexibility index (Phi) is 5.32. The molecule has 2 N–H and O–H groups in total. The highest BCUT2D eigenvalue weighted by atomic mass is 19.1. The number of carbonyl (C=O) groups excluding carboxylic acids is 3. The van der Waals surface area contributed by atoms with Gasteiger partial charge in [-0.3, -0.25) is 14.4 Å². The van der Waals surface area contributed by atoms with Gasteiger partial charge in [-0.1, -0.05) is 24.3 Å². The third-order valence-electron chi connectivity index (χ3n) is 3.78. The number of ketones is 1. The standard InChI is InChI=1S/C19H19FN2O3/c1-12(23)13-7-6-8-14(11-13)21-17(24)19(2,3)18(25)22-16-10-5-4-9-15(16)20/h4-11H,1-3H3,(H,21,24)(H,22,25). The third kappa shape index (κ3) is 4.29. The van der Waals surface area contributed by atoms with E-state index in [-0.39, 0.29) is 11.5 Å². The molecule has 130 valence electrons. The van der Waals surface area contributed by atoms with Crippen molar-refractivity contribution in [1.82, 2.24) is 0 Å². The first kappa shape index (κ1) is 18.3. The smallest absolute Gasteiger partial charge is 0.239 e. The van der Waals surface area contributed by atoms with E-state index in [1.807, 2.05) is 0 Å². The van der Waals surface area contributed by atoms with Crippen molar-refractivity contribution in [2.45, 2.75) is 20.8 Å². The van der Waals surface area contributed by atoms with Gasteiger partial charge in [-0.15, -0.1) is 0 Å². The van der Waals surface area contributed by atoms with Crippen LogP contribution >= 0.6 is 0 Å². The highest BCUT2D eigenvalue weighted by Crippen LogP contribution is 2.23. The molecule has 0 atom stereocenters. The molecule has 2 aromatic rings. The summed E-state index contributed by atoms with van der Waals surface area (Å²) in [6, 6.07) is 12.1. The van der Waals surface area contributed by atoms with Crippen LogP contribution in [-0.4, -0.2) is 17.6 Å². The SMILES string of the molecule is CC(=O)c1cccc(NC(=O)C(C)(C)C(=O)Nc2ccccc2F)c1. The average molecular weight is 342 g/mol. The number of para-hydroxylation sites is 1. The van der Waals surface area contributed by atoms with Crippen LogP contribution in [0, 0.1) is 11.2 Å². The van der Waals surface area contributed by atoms with Gasteiger partial charge in [-0.2, -0.15) is 0 Å². The van der Waals surface area contributed by atoms with Crippen molar-refractivity contribution >= 4 is 29.0 Å². The van der Waals surface area contributed by atoms with Crippen LogP contribution in [0.15, 0.2) is 48.5 Å². The molecule has 0 aliphatic rings. The maximum atomic E-state index is 13.7. The summed E-state index contributed by atoms with van der Waals surface area (Å²) < 4.78 is 13.7. The van der Waals surface area contributed by atoms with Crippen LogP contribution in [0.25, 0.3) is 0 Å². The lowest BCUT2D eigenvalue weighted by molar-refractivity contribution is -0.135. The summed E-state index contributed by atoms with van der Waals surface area (Å²) in [6.45, 7) is 4.30. The Morgan fingerprint density at radius 1 is 0.920 bits per heavy atom. The molecule has 0 bridgehead atoms. The van der Waals surface area contributed by atoms with Gasteiger partial charge in [0, 0.05) is 11.3 Å². The molecule has 0 aliphatic heterocycles. The van der Waals surface area contributed by atoms with E-state index >= 15 is 0 Å². The average Bonchev–Trinajstić information content (AvgIpc) is 2.57. The lowest BCUT2D eigenvalue weighted by Crippen LogP contribution is -2.41. The summed E-state index contributed by atoms with van der Waals surface area (Å²) in [7, 11) is 0. The number of halogens is 1. The van der Waals surface area contributed by atoms with Crippen molar-refractivity contribution in [3.8, 4) is 0 Å². The first-order chi connectivity index (χ1) is 11.7. The van der Waals surface area contributed by atoms with Crippen molar-refractivity contribution in [3.05, 3.63) is 59.9 Å². The van der Waals surface area contributed by atoms with E-state index in [1.165, 1.54) is 45.0 Å². The second-order valence-electron chi connectivity index (χ2n) is 6.15. The first-order valence-electron chi connectivity index (χ1n) is 7.70. The van der Waals surface area contributed by atoms with Gasteiger partial charge >= 0.3 is 0 Å². The Morgan fingerprint density at radius 2 is 1.56 bits per heavy atom. The van der Waals surface area contributed by atoms with Gasteiger partial charge in [-0.05, 0) is 45.0 Å². The van der Waals surface area contributed by atoms with Crippen LogP contribution in [0.5, 0.6) is 0 Å². The van der Waals surface area contributed by atoms with Crippen LogP contribution in [0.2, 0.25) is 0 Å². The summed E-state index contributed by atoms with van der Waals surface area (Å²) >= 11 is 0. The molecular weight excluding hydrogens is 323 g/mol. The fraction of sp³-hybridized carbons (Fsp3) is 0.211. The fourth-order valence-electron chi connectivity index (χ4n) is 2.05. The minimum absolute atomic E-state index is 0.00644. The van der Waals surface area contributed by atoms with Gasteiger partial charge in [0.2, 0.25) is 11.8 Å². The molecule has 2 aromatic carbocycles. The monoisotopic (exact) mass is 342 g/mol. The fourth-order valence-corrected chi connectivity index (χ4v) is 2.05. The number of hydrogen-bond donors (Lipinski definition) is 2. The zero-order valence-corrected chi connectivity index (χ0v) is 14.2. The van der Waals surface area contributed by atoms with E-state index in [0.29, 0.717) is 11.3 Å². The Bertz CT molecular complexity index is 831. The van der Waals surface area contributed by atoms with E-state index in [1.54, 1.807) is 24.3 Å². The van der Waals surface area contributed by atoms with Gasteiger partial charge < -0.3 is 10.6 Å². The Labute approximate surface area is 145 Å². The Morgan fingerprint density at radius 3 is 2.20 bits per heavy atom. The largest absolute Gasteiger partial charge is 0.325 e. The molecule has 0 unspecified atom stereocenters. The quantitative estimate of drug-likeness (QED) is 0.643. The molecule has 0 spiro atoms. The summed E-state index contributed by atoms with van der Waals surface area (Å²) in [4.78, 5) is 36.3. The maximum absolute atomic E-state index is 13.7. The van der Waals surface area contributed by atoms with Crippen LogP contribution in [0.3, 0.4) is 0 Å². The van der Waals surface area contributed by atoms with E-state index < -0.39 is 23.0 Å². The number of hydrogen-bond acceptors (Lipinski definition) is 3. The molecule has 6 heteroatoms. The molecule has 0 heterocycles. The lowest BCUT2D eigenvalue weighted by Gasteiger charge is -2.23. The van der Waals surface area contributed by atoms with Gasteiger partial charge in [0.15, 0.2) is 5.78 Å². The lowest BCUT2D eigenvalue weighted by atomic mass is 9.90. The molecule has 25 heavy (non-hydrogen) atoms. The van der Waals surface area contributed by atoms with Crippen LogP contribution in [-0.2, 0) is 9.59 Å². The van der Waals surface area contributed by atoms with E-state index in [4.69, 9.17) is 0 Å². The molecule has 0 radical (unpaired) electrons. The summed E-state index contributed by atoms with van der Waals surface area (Å²) in [6.07, 6.45) is 0. The molecule has 2 amide bonds. The zero-order valence-electron chi connectivity index (χ0n) is 14.2. The molecule has 2 rings (SSSR count). The third-order valence-corrected chi connectivity index (χ3v) is 3.78. The van der Waals surface area contributed by atoms with Crippen molar-refractivity contribution in [2.24, 2.45) is 5.41 Å². The van der Waals surface area contributed by atoms with E-state index in [2.05, 4.69) is 10.6 Å². The minimum atomic E-state index is -1.45. The van der Waals surface area contributed by atoms with Crippen LogP contribution in [0.4, 0.5) is 15.8 Å². The first-order valence-corrected chi connectivity index (χ1v) is 7.70. The summed E-state index contributed by atoms with van der Waals surface area (Å²) in [5, 5.41) is 5.03. The van der Waals surface area contributed by atoms with Crippen molar-refractivity contribution in [3.63, 3.8) is 0 Å². The predicted octanol–water partition coefficient (Wildman–Crippen LogP) is 3.63. The number of benzene rings is 2. The minimum Gasteiger partial charge on any atom is -0.325 e. The highest BCUT2D eigenvalue weighted by molar-refractivity contribution is 6.14. The number of carbonyl (C=O) groups is 3. The van der Waals surface area contributed by atoms with E-state index in [0.717, 1.165) is 0 Å². The van der Waals surface area contributed by atoms with Crippen molar-refractivity contribution in [2.75, 3.05) is 10.6 Å². The molecule has 0 saturated heterocycles. The molecule has 0 saturated carbocycles. The second-order valence-corrected chi connectivity index (χ2v) is 6.15. The second kappa shape index (κ2) is 7.25. The number of nitrogens with one attached hydrogen (secondary N) is 2. The maximum Gasteiger partial charge on any atom is 0.239 e. The molecule has 5 nitrogen and oxygen atoms in total. The Balaban J connectivity index is 2.14. The topological polar surface area (TPSA) is 75.3 Å². The van der Waals surface area contributed by atoms with Gasteiger partial charge in [0.05, 0.1) is 5.69 Å². The number of rotatable bonds is 5. The number of anilines is 2. The molecule has 0 aliphatic carbocycles.